The second-order valence-electron chi connectivity index (χ2n) is 6.52. The molecule has 0 fully saturated rings. The average molecular weight is 439 g/mol. The van der Waals surface area contributed by atoms with Gasteiger partial charge in [0.1, 0.15) is 0 Å². The summed E-state index contributed by atoms with van der Waals surface area (Å²) in [6, 6.07) is 9.66. The van der Waals surface area contributed by atoms with Crippen LogP contribution in [0.3, 0.4) is 0 Å². The van der Waals surface area contributed by atoms with Gasteiger partial charge in [0.2, 0.25) is 0 Å². The Hall–Kier alpha value is -3.20. The number of anilines is 2. The molecule has 1 heterocycles. The Balaban J connectivity index is 1.96. The molecule has 158 valence electrons. The molecule has 6 nitrogen and oxygen atoms in total. The summed E-state index contributed by atoms with van der Waals surface area (Å²) in [5.41, 5.74) is 0.283. The van der Waals surface area contributed by atoms with Gasteiger partial charge in [0, 0.05) is 14.1 Å². The fourth-order valence-electron chi connectivity index (χ4n) is 2.87. The molecular formula is C20H18ClF3N4O2. The summed E-state index contributed by atoms with van der Waals surface area (Å²) in [6.45, 7) is 0. The van der Waals surface area contributed by atoms with Gasteiger partial charge in [-0.25, -0.2) is 4.68 Å². The SMILES string of the molecule is COc1cn(-c2cccc(C(F)(F)F)c2)nc1C(=O)Nc1cccc(Cl)c1N(C)C. The van der Waals surface area contributed by atoms with E-state index in [0.717, 1.165) is 16.8 Å². The van der Waals surface area contributed by atoms with Crippen LogP contribution in [0.25, 0.3) is 5.69 Å². The molecule has 3 aromatic rings. The summed E-state index contributed by atoms with van der Waals surface area (Å²) in [5, 5.41) is 7.30. The largest absolute Gasteiger partial charge is 0.493 e. The molecule has 0 saturated carbocycles. The van der Waals surface area contributed by atoms with Crippen LogP contribution < -0.4 is 15.0 Å². The average Bonchev–Trinajstić information content (AvgIpc) is 3.12. The minimum absolute atomic E-state index is 0.0837. The van der Waals surface area contributed by atoms with Gasteiger partial charge in [-0.15, -0.1) is 0 Å². The second-order valence-corrected chi connectivity index (χ2v) is 6.93. The maximum Gasteiger partial charge on any atom is 0.416 e. The summed E-state index contributed by atoms with van der Waals surface area (Å²) >= 11 is 6.22. The number of methoxy groups -OCH3 is 1. The number of amides is 1. The van der Waals surface area contributed by atoms with Crippen molar-refractivity contribution in [2.45, 2.75) is 6.18 Å². The molecule has 10 heteroatoms. The lowest BCUT2D eigenvalue weighted by molar-refractivity contribution is -0.137. The molecule has 0 bridgehead atoms. The fourth-order valence-corrected chi connectivity index (χ4v) is 3.22. The molecule has 30 heavy (non-hydrogen) atoms. The van der Waals surface area contributed by atoms with Crippen LogP contribution in [0.1, 0.15) is 16.1 Å². The molecule has 0 atom stereocenters. The van der Waals surface area contributed by atoms with Crippen LogP contribution in [0, 0.1) is 0 Å². The van der Waals surface area contributed by atoms with Gasteiger partial charge >= 0.3 is 6.18 Å². The number of carbonyl (C=O) groups is 1. The van der Waals surface area contributed by atoms with Crippen LogP contribution >= 0.6 is 11.6 Å². The first-order valence-electron chi connectivity index (χ1n) is 8.70. The van der Waals surface area contributed by atoms with Crippen molar-refractivity contribution in [1.82, 2.24) is 9.78 Å². The number of halogens is 4. The number of ether oxygens (including phenoxy) is 1. The van der Waals surface area contributed by atoms with Crippen molar-refractivity contribution in [2.75, 3.05) is 31.4 Å². The smallest absolute Gasteiger partial charge is 0.416 e. The summed E-state index contributed by atoms with van der Waals surface area (Å²) in [7, 11) is 4.90. The minimum Gasteiger partial charge on any atom is -0.493 e. The second kappa shape index (κ2) is 8.27. The van der Waals surface area contributed by atoms with Gasteiger partial charge in [-0.3, -0.25) is 4.79 Å². The lowest BCUT2D eigenvalue weighted by Crippen LogP contribution is -2.18. The molecule has 1 amide bonds. The molecule has 0 aliphatic rings. The maximum atomic E-state index is 13.0. The van der Waals surface area contributed by atoms with Gasteiger partial charge in [0.15, 0.2) is 11.4 Å². The van der Waals surface area contributed by atoms with Crippen LogP contribution in [-0.2, 0) is 6.18 Å². The summed E-state index contributed by atoms with van der Waals surface area (Å²) in [4.78, 5) is 14.6. The predicted octanol–water partition coefficient (Wildman–Crippen LogP) is 4.87. The van der Waals surface area contributed by atoms with E-state index < -0.39 is 17.6 Å². The quantitative estimate of drug-likeness (QED) is 0.617. The molecular weight excluding hydrogens is 421 g/mol. The molecule has 3 rings (SSSR count). The highest BCUT2D eigenvalue weighted by atomic mass is 35.5. The topological polar surface area (TPSA) is 59.4 Å². The lowest BCUT2D eigenvalue weighted by atomic mass is 10.2. The third-order valence-electron chi connectivity index (χ3n) is 4.24. The molecule has 0 saturated heterocycles. The van der Waals surface area contributed by atoms with Gasteiger partial charge in [-0.05, 0) is 30.3 Å². The number of nitrogens with one attached hydrogen (secondary N) is 1. The van der Waals surface area contributed by atoms with Gasteiger partial charge in [0.25, 0.3) is 5.91 Å². The first kappa shape index (κ1) is 21.5. The number of benzene rings is 2. The third-order valence-corrected chi connectivity index (χ3v) is 4.54. The number of alkyl halides is 3. The van der Waals surface area contributed by atoms with E-state index in [-0.39, 0.29) is 17.1 Å². The first-order chi connectivity index (χ1) is 14.1. The number of carbonyl (C=O) groups excluding carboxylic acids is 1. The van der Waals surface area contributed by atoms with Gasteiger partial charge in [-0.1, -0.05) is 23.7 Å². The molecule has 0 aliphatic carbocycles. The van der Waals surface area contributed by atoms with E-state index in [1.807, 2.05) is 0 Å². The normalized spacial score (nSPS) is 11.3. The van der Waals surface area contributed by atoms with E-state index in [1.165, 1.54) is 25.4 Å². The van der Waals surface area contributed by atoms with Crippen molar-refractivity contribution in [3.8, 4) is 11.4 Å². The number of hydrogen-bond acceptors (Lipinski definition) is 4. The molecule has 0 radical (unpaired) electrons. The molecule has 1 N–H and O–H groups in total. The van der Waals surface area contributed by atoms with Crippen LogP contribution in [0.2, 0.25) is 5.02 Å². The van der Waals surface area contributed by atoms with E-state index in [4.69, 9.17) is 16.3 Å². The highest BCUT2D eigenvalue weighted by Gasteiger charge is 2.31. The van der Waals surface area contributed by atoms with Crippen LogP contribution in [0.15, 0.2) is 48.7 Å². The van der Waals surface area contributed by atoms with E-state index >= 15 is 0 Å². The molecule has 1 aromatic heterocycles. The number of hydrogen-bond donors (Lipinski definition) is 1. The molecule has 0 aliphatic heterocycles. The molecule has 0 spiro atoms. The van der Waals surface area contributed by atoms with Crippen molar-refractivity contribution in [3.05, 3.63) is 64.9 Å². The standard InChI is InChI=1S/C20H18ClF3N4O2/c1-27(2)18-14(21)8-5-9-15(18)25-19(29)17-16(30-3)11-28(26-17)13-7-4-6-12(10-13)20(22,23)24/h4-11H,1-3H3,(H,25,29). The van der Waals surface area contributed by atoms with Crippen LogP contribution in [-0.4, -0.2) is 36.9 Å². The third kappa shape index (κ3) is 4.35. The Morgan fingerprint density at radius 3 is 2.53 bits per heavy atom. The van der Waals surface area contributed by atoms with Crippen molar-refractivity contribution in [1.29, 1.82) is 0 Å². The van der Waals surface area contributed by atoms with E-state index in [0.29, 0.717) is 16.4 Å². The van der Waals surface area contributed by atoms with Crippen molar-refractivity contribution in [2.24, 2.45) is 0 Å². The summed E-state index contributed by atoms with van der Waals surface area (Å²) in [5.74, 6) is -0.485. The Bertz CT molecular complexity index is 1080. The number of para-hydroxylation sites is 1. The Morgan fingerprint density at radius 1 is 1.20 bits per heavy atom. The zero-order valence-electron chi connectivity index (χ0n) is 16.3. The van der Waals surface area contributed by atoms with Crippen molar-refractivity contribution in [3.63, 3.8) is 0 Å². The number of aromatic nitrogens is 2. The van der Waals surface area contributed by atoms with Gasteiger partial charge < -0.3 is 15.0 Å². The Labute approximate surface area is 175 Å². The van der Waals surface area contributed by atoms with Crippen molar-refractivity contribution < 1.29 is 22.7 Å². The molecule has 0 unspecified atom stereocenters. The zero-order valence-corrected chi connectivity index (χ0v) is 17.0. The minimum atomic E-state index is -4.50. The Morgan fingerprint density at radius 2 is 1.90 bits per heavy atom. The lowest BCUT2D eigenvalue weighted by Gasteiger charge is -2.19. The zero-order chi connectivity index (χ0) is 22.1. The monoisotopic (exact) mass is 438 g/mol. The first-order valence-corrected chi connectivity index (χ1v) is 9.08. The number of rotatable bonds is 5. The van der Waals surface area contributed by atoms with Crippen LogP contribution in [0.4, 0.5) is 24.5 Å². The Kier molecular flexibility index (Phi) is 5.93. The number of nitrogens with zero attached hydrogens (tertiary/aromatic N) is 3. The molecule has 2 aromatic carbocycles. The van der Waals surface area contributed by atoms with E-state index in [9.17, 15) is 18.0 Å². The van der Waals surface area contributed by atoms with Crippen LogP contribution in [0.5, 0.6) is 5.75 Å². The van der Waals surface area contributed by atoms with Gasteiger partial charge in [-0.2, -0.15) is 18.3 Å². The summed E-state index contributed by atoms with van der Waals surface area (Å²) < 4.78 is 45.4. The van der Waals surface area contributed by atoms with Crippen molar-refractivity contribution >= 4 is 28.9 Å². The highest BCUT2D eigenvalue weighted by Crippen LogP contribution is 2.34. The van der Waals surface area contributed by atoms with E-state index in [1.54, 1.807) is 37.2 Å². The summed E-state index contributed by atoms with van der Waals surface area (Å²) in [6.07, 6.45) is -3.15. The van der Waals surface area contributed by atoms with E-state index in [2.05, 4.69) is 10.4 Å². The fraction of sp³-hybridized carbons (Fsp3) is 0.200. The van der Waals surface area contributed by atoms with Gasteiger partial charge in [0.05, 0.1) is 41.0 Å². The predicted molar refractivity (Wildman–Crippen MR) is 109 cm³/mol. The maximum absolute atomic E-state index is 13.0. The highest BCUT2D eigenvalue weighted by molar-refractivity contribution is 6.34.